The molecule has 0 radical (unpaired) electrons. The van der Waals surface area contributed by atoms with Crippen molar-refractivity contribution < 1.29 is 14.4 Å². The van der Waals surface area contributed by atoms with E-state index in [1.54, 1.807) is 18.3 Å². The van der Waals surface area contributed by atoms with Crippen LogP contribution in [0.15, 0.2) is 30.5 Å². The average molecular weight is 561 g/mol. The third-order valence-corrected chi connectivity index (χ3v) is 6.31. The number of aromatic nitrogens is 5. The molecule has 11 nitrogen and oxygen atoms in total. The highest BCUT2D eigenvalue weighted by atomic mass is 16.2. The zero-order chi connectivity index (χ0) is 29.9. The summed E-state index contributed by atoms with van der Waals surface area (Å²) in [7, 11) is 0. The maximum atomic E-state index is 13.0. The van der Waals surface area contributed by atoms with E-state index in [2.05, 4.69) is 40.9 Å². The third kappa shape index (κ3) is 9.12. The molecule has 3 heterocycles. The largest absolute Gasteiger partial charge is 0.350 e. The van der Waals surface area contributed by atoms with Crippen molar-refractivity contribution in [2.24, 2.45) is 0 Å². The molecule has 0 aliphatic heterocycles. The Labute approximate surface area is 241 Å². The van der Waals surface area contributed by atoms with Gasteiger partial charge in [0.1, 0.15) is 17.2 Å². The van der Waals surface area contributed by atoms with Gasteiger partial charge in [0, 0.05) is 55.8 Å². The molecule has 0 atom stereocenters. The molecule has 0 saturated carbocycles. The summed E-state index contributed by atoms with van der Waals surface area (Å²) in [6.45, 7) is 12.9. The van der Waals surface area contributed by atoms with Gasteiger partial charge in [-0.3, -0.25) is 19.4 Å². The number of nitrogens with one attached hydrogen (secondary N) is 3. The molecule has 218 valence electrons. The zero-order valence-electron chi connectivity index (χ0n) is 24.7. The standard InChI is InChI=1S/C30H40N8O3/c1-7-20-9-12-32-24(15-20)28(39)34-14-11-26-36-23(19(5)6)17-25(37-26)29(40)33-13-10-21-16-22(18(3)4)38-27(35-21)30(41)31-8-2/h9,12,15-19H,7-8,10-11,13-14H2,1-6H3,(H,31,41)(H,33,40)(H,34,39). The Bertz CT molecular complexity index is 1370. The van der Waals surface area contributed by atoms with Gasteiger partial charge in [0.05, 0.1) is 0 Å². The van der Waals surface area contributed by atoms with Crippen molar-refractivity contribution in [3.05, 3.63) is 76.1 Å². The topological polar surface area (TPSA) is 152 Å². The molecule has 3 rings (SSSR count). The molecule has 41 heavy (non-hydrogen) atoms. The first-order valence-corrected chi connectivity index (χ1v) is 14.2. The van der Waals surface area contributed by atoms with E-state index in [-0.39, 0.29) is 41.1 Å². The molecule has 0 spiro atoms. The molecule has 11 heteroatoms. The summed E-state index contributed by atoms with van der Waals surface area (Å²) < 4.78 is 0. The van der Waals surface area contributed by atoms with Gasteiger partial charge in [0.15, 0.2) is 0 Å². The maximum Gasteiger partial charge on any atom is 0.289 e. The Morgan fingerprint density at radius 2 is 1.39 bits per heavy atom. The Morgan fingerprint density at radius 3 is 2.05 bits per heavy atom. The van der Waals surface area contributed by atoms with E-state index in [9.17, 15) is 14.4 Å². The van der Waals surface area contributed by atoms with Crippen LogP contribution < -0.4 is 16.0 Å². The first-order valence-electron chi connectivity index (χ1n) is 14.2. The summed E-state index contributed by atoms with van der Waals surface area (Å²) >= 11 is 0. The van der Waals surface area contributed by atoms with Crippen LogP contribution in [0.25, 0.3) is 0 Å². The molecule has 3 aromatic heterocycles. The first kappa shape index (κ1) is 31.3. The molecular weight excluding hydrogens is 520 g/mol. The number of carbonyl (C=O) groups excluding carboxylic acids is 3. The van der Waals surface area contributed by atoms with Crippen molar-refractivity contribution in [3.63, 3.8) is 0 Å². The van der Waals surface area contributed by atoms with Gasteiger partial charge in [-0.2, -0.15) is 0 Å². The predicted octanol–water partition coefficient (Wildman–Crippen LogP) is 3.17. The Kier molecular flexibility index (Phi) is 11.4. The molecule has 3 N–H and O–H groups in total. The van der Waals surface area contributed by atoms with E-state index >= 15 is 0 Å². The maximum absolute atomic E-state index is 13.0. The highest BCUT2D eigenvalue weighted by Gasteiger charge is 2.16. The zero-order valence-corrected chi connectivity index (χ0v) is 24.7. The lowest BCUT2D eigenvalue weighted by atomic mass is 10.1. The van der Waals surface area contributed by atoms with Crippen LogP contribution in [-0.2, 0) is 19.3 Å². The quantitative estimate of drug-likeness (QED) is 0.288. The third-order valence-electron chi connectivity index (χ3n) is 6.31. The predicted molar refractivity (Wildman–Crippen MR) is 156 cm³/mol. The van der Waals surface area contributed by atoms with Crippen LogP contribution in [0, 0.1) is 0 Å². The molecule has 0 bridgehead atoms. The van der Waals surface area contributed by atoms with E-state index in [0.29, 0.717) is 49.7 Å². The minimum absolute atomic E-state index is 0.0852. The first-order chi connectivity index (χ1) is 19.6. The van der Waals surface area contributed by atoms with E-state index in [4.69, 9.17) is 0 Å². The molecule has 3 amide bonds. The van der Waals surface area contributed by atoms with Gasteiger partial charge in [0.2, 0.25) is 5.82 Å². The van der Waals surface area contributed by atoms with Gasteiger partial charge in [-0.1, -0.05) is 34.6 Å². The van der Waals surface area contributed by atoms with Gasteiger partial charge in [0.25, 0.3) is 17.7 Å². The molecule has 0 saturated heterocycles. The van der Waals surface area contributed by atoms with Crippen LogP contribution >= 0.6 is 0 Å². The summed E-state index contributed by atoms with van der Waals surface area (Å²) in [5, 5.41) is 8.49. The molecule has 0 unspecified atom stereocenters. The number of hydrogen-bond donors (Lipinski definition) is 3. The number of aryl methyl sites for hydroxylation is 1. The van der Waals surface area contributed by atoms with Crippen LogP contribution in [0.1, 0.15) is 113 Å². The number of carbonyl (C=O) groups is 3. The Hall–Kier alpha value is -4.28. The average Bonchev–Trinajstić information content (AvgIpc) is 2.96. The number of hydrogen-bond acceptors (Lipinski definition) is 8. The van der Waals surface area contributed by atoms with Crippen molar-refractivity contribution in [1.82, 2.24) is 40.9 Å². The van der Waals surface area contributed by atoms with Crippen LogP contribution in [0.2, 0.25) is 0 Å². The molecule has 0 aliphatic rings. The number of pyridine rings is 1. The fraction of sp³-hybridized carbons (Fsp3) is 0.467. The van der Waals surface area contributed by atoms with Gasteiger partial charge < -0.3 is 16.0 Å². The summed E-state index contributed by atoms with van der Waals surface area (Å²) in [6.07, 6.45) is 3.23. The van der Waals surface area contributed by atoms with E-state index in [0.717, 1.165) is 23.4 Å². The minimum Gasteiger partial charge on any atom is -0.350 e. The van der Waals surface area contributed by atoms with Crippen molar-refractivity contribution in [2.75, 3.05) is 19.6 Å². The van der Waals surface area contributed by atoms with Crippen molar-refractivity contribution in [1.29, 1.82) is 0 Å². The minimum atomic E-state index is -0.331. The number of amides is 3. The van der Waals surface area contributed by atoms with E-state index in [1.807, 2.05) is 53.7 Å². The Balaban J connectivity index is 1.65. The normalized spacial score (nSPS) is 11.0. The van der Waals surface area contributed by atoms with Gasteiger partial charge in [-0.15, -0.1) is 0 Å². The summed E-state index contributed by atoms with van der Waals surface area (Å²) in [4.78, 5) is 59.9. The SMILES string of the molecule is CCNC(=O)c1nc(CCNC(=O)c2cc(C(C)C)nc(CCNC(=O)c3cc(CC)ccn3)n2)cc(C(C)C)n1. The molecule has 0 fully saturated rings. The summed E-state index contributed by atoms with van der Waals surface area (Å²) in [6, 6.07) is 7.21. The van der Waals surface area contributed by atoms with Crippen LogP contribution in [0.3, 0.4) is 0 Å². The monoisotopic (exact) mass is 560 g/mol. The molecule has 0 aromatic carbocycles. The molecule has 0 aliphatic carbocycles. The lowest BCUT2D eigenvalue weighted by molar-refractivity contribution is 0.0936. The van der Waals surface area contributed by atoms with Crippen molar-refractivity contribution in [3.8, 4) is 0 Å². The van der Waals surface area contributed by atoms with Crippen LogP contribution in [0.4, 0.5) is 0 Å². The van der Waals surface area contributed by atoms with Crippen molar-refractivity contribution >= 4 is 17.7 Å². The summed E-state index contributed by atoms with van der Waals surface area (Å²) in [5.74, 6) is -0.112. The fourth-order valence-electron chi connectivity index (χ4n) is 3.92. The van der Waals surface area contributed by atoms with Crippen LogP contribution in [-0.4, -0.2) is 62.3 Å². The highest BCUT2D eigenvalue weighted by Crippen LogP contribution is 2.15. The Morgan fingerprint density at radius 1 is 0.732 bits per heavy atom. The van der Waals surface area contributed by atoms with Crippen molar-refractivity contribution in [2.45, 2.75) is 72.6 Å². The highest BCUT2D eigenvalue weighted by molar-refractivity contribution is 5.93. The fourth-order valence-corrected chi connectivity index (χ4v) is 3.92. The lowest BCUT2D eigenvalue weighted by Gasteiger charge is -2.12. The molecule has 3 aromatic rings. The van der Waals surface area contributed by atoms with Crippen LogP contribution in [0.5, 0.6) is 0 Å². The van der Waals surface area contributed by atoms with Gasteiger partial charge >= 0.3 is 0 Å². The summed E-state index contributed by atoms with van der Waals surface area (Å²) in [5.41, 5.74) is 3.85. The lowest BCUT2D eigenvalue weighted by Crippen LogP contribution is -2.29. The smallest absolute Gasteiger partial charge is 0.289 e. The van der Waals surface area contributed by atoms with Gasteiger partial charge in [-0.25, -0.2) is 19.9 Å². The van der Waals surface area contributed by atoms with E-state index < -0.39 is 0 Å². The second-order valence-corrected chi connectivity index (χ2v) is 10.3. The second-order valence-electron chi connectivity index (χ2n) is 10.3. The number of nitrogens with zero attached hydrogens (tertiary/aromatic N) is 5. The number of rotatable bonds is 13. The van der Waals surface area contributed by atoms with Gasteiger partial charge in [-0.05, 0) is 55.0 Å². The van der Waals surface area contributed by atoms with E-state index in [1.165, 1.54) is 0 Å². The second kappa shape index (κ2) is 14.9. The molecular formula is C30H40N8O3.